The van der Waals surface area contributed by atoms with Crippen molar-refractivity contribution in [2.45, 2.75) is 18.9 Å². The van der Waals surface area contributed by atoms with Crippen molar-refractivity contribution in [3.63, 3.8) is 0 Å². The molecule has 1 aromatic rings. The summed E-state index contributed by atoms with van der Waals surface area (Å²) in [6, 6.07) is 7.47. The minimum atomic E-state index is -0.175. The first kappa shape index (κ1) is 13.3. The van der Waals surface area contributed by atoms with E-state index in [1.807, 2.05) is 7.05 Å². The molecule has 5 heteroatoms. The normalized spacial score (nSPS) is 19.8. The van der Waals surface area contributed by atoms with Crippen LogP contribution in [0, 0.1) is 0 Å². The standard InChI is InChI=1S/C15H19N3O2/c1-17(11-6-8-16-9-7-11)10-18-14(19)12-4-2-3-5-13(12)15(18)20/h2-5,11,16H,6-10H2,1H3. The van der Waals surface area contributed by atoms with Gasteiger partial charge < -0.3 is 5.32 Å². The van der Waals surface area contributed by atoms with Gasteiger partial charge in [-0.25, -0.2) is 0 Å². The minimum absolute atomic E-state index is 0.175. The molecular weight excluding hydrogens is 254 g/mol. The highest BCUT2D eigenvalue weighted by Gasteiger charge is 2.36. The van der Waals surface area contributed by atoms with Gasteiger partial charge in [-0.1, -0.05) is 12.1 Å². The van der Waals surface area contributed by atoms with Gasteiger partial charge in [-0.15, -0.1) is 0 Å². The monoisotopic (exact) mass is 273 g/mol. The first-order chi connectivity index (χ1) is 9.68. The number of fused-ring (bicyclic) bond motifs is 1. The van der Waals surface area contributed by atoms with Gasteiger partial charge in [0.1, 0.15) is 0 Å². The molecule has 106 valence electrons. The molecule has 20 heavy (non-hydrogen) atoms. The Balaban J connectivity index is 1.73. The second-order valence-corrected chi connectivity index (χ2v) is 5.46. The zero-order valence-electron chi connectivity index (χ0n) is 11.6. The van der Waals surface area contributed by atoms with Crippen LogP contribution in [0.3, 0.4) is 0 Å². The Morgan fingerprint density at radius 1 is 1.15 bits per heavy atom. The van der Waals surface area contributed by atoms with Crippen molar-refractivity contribution in [2.24, 2.45) is 0 Å². The van der Waals surface area contributed by atoms with E-state index in [0.717, 1.165) is 25.9 Å². The molecule has 0 atom stereocenters. The molecule has 1 aromatic carbocycles. The van der Waals surface area contributed by atoms with Crippen molar-refractivity contribution in [1.82, 2.24) is 15.1 Å². The molecule has 3 rings (SSSR count). The summed E-state index contributed by atoms with van der Waals surface area (Å²) < 4.78 is 0. The Morgan fingerprint density at radius 3 is 2.25 bits per heavy atom. The van der Waals surface area contributed by atoms with Crippen LogP contribution >= 0.6 is 0 Å². The summed E-state index contributed by atoms with van der Waals surface area (Å²) in [7, 11) is 1.99. The largest absolute Gasteiger partial charge is 0.317 e. The van der Waals surface area contributed by atoms with E-state index in [-0.39, 0.29) is 11.8 Å². The van der Waals surface area contributed by atoms with Crippen LogP contribution in [-0.2, 0) is 0 Å². The summed E-state index contributed by atoms with van der Waals surface area (Å²) in [5.41, 5.74) is 1.05. The average Bonchev–Trinajstić information content (AvgIpc) is 2.74. The molecule has 5 nitrogen and oxygen atoms in total. The van der Waals surface area contributed by atoms with Gasteiger partial charge in [-0.2, -0.15) is 0 Å². The fraction of sp³-hybridized carbons (Fsp3) is 0.467. The number of nitrogens with one attached hydrogen (secondary N) is 1. The van der Waals surface area contributed by atoms with E-state index in [0.29, 0.717) is 23.8 Å². The molecule has 0 aliphatic carbocycles. The van der Waals surface area contributed by atoms with Gasteiger partial charge in [-0.05, 0) is 45.1 Å². The molecule has 0 spiro atoms. The lowest BCUT2D eigenvalue weighted by Gasteiger charge is -2.33. The van der Waals surface area contributed by atoms with Crippen LogP contribution in [0.25, 0.3) is 0 Å². The molecule has 1 saturated heterocycles. The van der Waals surface area contributed by atoms with Crippen molar-refractivity contribution in [3.05, 3.63) is 35.4 Å². The zero-order valence-corrected chi connectivity index (χ0v) is 11.6. The number of carbonyl (C=O) groups is 2. The lowest BCUT2D eigenvalue weighted by molar-refractivity contribution is 0.0504. The van der Waals surface area contributed by atoms with E-state index in [1.54, 1.807) is 24.3 Å². The van der Waals surface area contributed by atoms with Crippen LogP contribution in [0.1, 0.15) is 33.6 Å². The third-order valence-corrected chi connectivity index (χ3v) is 4.17. The summed E-state index contributed by atoms with van der Waals surface area (Å²) in [5.74, 6) is -0.349. The number of carbonyl (C=O) groups excluding carboxylic acids is 2. The third-order valence-electron chi connectivity index (χ3n) is 4.17. The van der Waals surface area contributed by atoms with Crippen LogP contribution in [-0.4, -0.2) is 54.5 Å². The maximum atomic E-state index is 12.3. The van der Waals surface area contributed by atoms with Gasteiger partial charge in [0, 0.05) is 6.04 Å². The molecule has 0 radical (unpaired) electrons. The molecule has 1 N–H and O–H groups in total. The first-order valence-electron chi connectivity index (χ1n) is 7.04. The van der Waals surface area contributed by atoms with Crippen molar-refractivity contribution < 1.29 is 9.59 Å². The fourth-order valence-electron chi connectivity index (χ4n) is 2.95. The number of hydrogen-bond donors (Lipinski definition) is 1. The summed E-state index contributed by atoms with van der Waals surface area (Å²) in [6.07, 6.45) is 2.11. The Morgan fingerprint density at radius 2 is 1.70 bits per heavy atom. The van der Waals surface area contributed by atoms with Crippen molar-refractivity contribution >= 4 is 11.8 Å². The molecule has 2 aliphatic heterocycles. The highest BCUT2D eigenvalue weighted by molar-refractivity contribution is 6.21. The number of amides is 2. The number of benzene rings is 1. The fourth-order valence-corrected chi connectivity index (χ4v) is 2.95. The quantitative estimate of drug-likeness (QED) is 0.832. The lowest BCUT2D eigenvalue weighted by Crippen LogP contribution is -2.47. The van der Waals surface area contributed by atoms with Gasteiger partial charge in [0.15, 0.2) is 0 Å². The summed E-state index contributed by atoms with van der Waals surface area (Å²) >= 11 is 0. The molecule has 2 amide bonds. The third kappa shape index (κ3) is 2.23. The van der Waals surface area contributed by atoms with Gasteiger partial charge >= 0.3 is 0 Å². The van der Waals surface area contributed by atoms with Gasteiger partial charge in [0.2, 0.25) is 0 Å². The highest BCUT2D eigenvalue weighted by atomic mass is 16.2. The van der Waals surface area contributed by atoms with E-state index in [1.165, 1.54) is 4.90 Å². The Kier molecular flexibility index (Phi) is 3.54. The van der Waals surface area contributed by atoms with Crippen LogP contribution in [0.15, 0.2) is 24.3 Å². The number of nitrogens with zero attached hydrogens (tertiary/aromatic N) is 2. The molecule has 0 bridgehead atoms. The SMILES string of the molecule is CN(CN1C(=O)c2ccccc2C1=O)C1CCNCC1. The zero-order chi connectivity index (χ0) is 14.1. The molecule has 0 saturated carbocycles. The summed E-state index contributed by atoms with van der Waals surface area (Å²) in [6.45, 7) is 2.37. The predicted molar refractivity (Wildman–Crippen MR) is 75.5 cm³/mol. The topological polar surface area (TPSA) is 52.7 Å². The molecule has 0 aromatic heterocycles. The molecule has 1 fully saturated rings. The Labute approximate surface area is 118 Å². The predicted octanol–water partition coefficient (Wildman–Crippen LogP) is 0.924. The van der Waals surface area contributed by atoms with Gasteiger partial charge in [0.05, 0.1) is 17.8 Å². The minimum Gasteiger partial charge on any atom is -0.317 e. The van der Waals surface area contributed by atoms with Crippen LogP contribution in [0.5, 0.6) is 0 Å². The van der Waals surface area contributed by atoms with Crippen molar-refractivity contribution in [3.8, 4) is 0 Å². The van der Waals surface area contributed by atoms with Crippen LogP contribution in [0.4, 0.5) is 0 Å². The molecule has 0 unspecified atom stereocenters. The maximum Gasteiger partial charge on any atom is 0.262 e. The molecule has 2 heterocycles. The number of hydrogen-bond acceptors (Lipinski definition) is 4. The van der Waals surface area contributed by atoms with Crippen LogP contribution in [0.2, 0.25) is 0 Å². The second kappa shape index (κ2) is 5.34. The number of imide groups is 1. The lowest BCUT2D eigenvalue weighted by atomic mass is 10.1. The van der Waals surface area contributed by atoms with Gasteiger partial charge in [0.25, 0.3) is 11.8 Å². The van der Waals surface area contributed by atoms with E-state index in [2.05, 4.69) is 10.2 Å². The smallest absolute Gasteiger partial charge is 0.262 e. The van der Waals surface area contributed by atoms with Crippen molar-refractivity contribution in [1.29, 1.82) is 0 Å². The molecule has 2 aliphatic rings. The Hall–Kier alpha value is -1.72. The average molecular weight is 273 g/mol. The molecular formula is C15H19N3O2. The highest BCUT2D eigenvalue weighted by Crippen LogP contribution is 2.23. The first-order valence-corrected chi connectivity index (χ1v) is 7.04. The second-order valence-electron chi connectivity index (χ2n) is 5.46. The van der Waals surface area contributed by atoms with Gasteiger partial charge in [-0.3, -0.25) is 19.4 Å². The van der Waals surface area contributed by atoms with Crippen molar-refractivity contribution in [2.75, 3.05) is 26.8 Å². The Bertz CT molecular complexity index is 503. The van der Waals surface area contributed by atoms with Crippen LogP contribution < -0.4 is 5.32 Å². The number of rotatable bonds is 3. The summed E-state index contributed by atoms with van der Waals surface area (Å²) in [4.78, 5) is 28.1. The summed E-state index contributed by atoms with van der Waals surface area (Å²) in [5, 5.41) is 3.32. The van der Waals surface area contributed by atoms with E-state index < -0.39 is 0 Å². The van der Waals surface area contributed by atoms with E-state index in [9.17, 15) is 9.59 Å². The van der Waals surface area contributed by atoms with E-state index >= 15 is 0 Å². The van der Waals surface area contributed by atoms with E-state index in [4.69, 9.17) is 0 Å². The maximum absolute atomic E-state index is 12.3. The number of piperidine rings is 1.